The first-order valence-corrected chi connectivity index (χ1v) is 6.31. The van der Waals surface area contributed by atoms with E-state index in [1.165, 1.54) is 0 Å². The molecule has 0 spiro atoms. The molecular weight excluding hydrogens is 250 g/mol. The maximum Gasteiger partial charge on any atom is 0.289 e. The summed E-state index contributed by atoms with van der Waals surface area (Å²) < 4.78 is 5.55. The molecule has 0 fully saturated rings. The molecule has 1 unspecified atom stereocenters. The Morgan fingerprint density at radius 1 is 1.44 bits per heavy atom. The van der Waals surface area contributed by atoms with Crippen molar-refractivity contribution < 1.29 is 9.21 Å². The highest BCUT2D eigenvalue weighted by molar-refractivity contribution is 6.20. The Bertz CT molecular complexity index is 574. The van der Waals surface area contributed by atoms with Crippen LogP contribution in [0.15, 0.2) is 28.7 Å². The van der Waals surface area contributed by atoms with Crippen LogP contribution in [0.1, 0.15) is 23.0 Å². The summed E-state index contributed by atoms with van der Waals surface area (Å²) in [6.45, 7) is 4.36. The van der Waals surface area contributed by atoms with Gasteiger partial charge in [0.05, 0.1) is 0 Å². The Morgan fingerprint density at radius 2 is 2.17 bits per heavy atom. The van der Waals surface area contributed by atoms with Gasteiger partial charge in [0.25, 0.3) is 5.91 Å². The predicted octanol–water partition coefficient (Wildman–Crippen LogP) is 3.44. The maximum absolute atomic E-state index is 12.1. The third-order valence-corrected chi connectivity index (χ3v) is 2.89. The van der Waals surface area contributed by atoms with E-state index in [4.69, 9.17) is 16.0 Å². The average Bonchev–Trinajstić information content (AvgIpc) is 2.69. The van der Waals surface area contributed by atoms with E-state index < -0.39 is 0 Å². The lowest BCUT2D eigenvalue weighted by atomic mass is 10.2. The number of nitrogens with zero attached hydrogens (tertiary/aromatic N) is 1. The van der Waals surface area contributed by atoms with Gasteiger partial charge in [-0.15, -0.1) is 11.6 Å². The van der Waals surface area contributed by atoms with Crippen LogP contribution in [0.25, 0.3) is 11.0 Å². The number of hydrogen-bond acceptors (Lipinski definition) is 2. The Morgan fingerprint density at radius 3 is 2.83 bits per heavy atom. The average molecular weight is 266 g/mol. The Labute approximate surface area is 111 Å². The number of amides is 1. The molecular formula is C14H16ClNO2. The van der Waals surface area contributed by atoms with Gasteiger partial charge in [-0.1, -0.05) is 11.6 Å². The molecule has 0 aliphatic heterocycles. The molecule has 18 heavy (non-hydrogen) atoms. The number of carbonyl (C=O) groups excluding carboxylic acids is 1. The molecule has 3 nitrogen and oxygen atoms in total. The molecule has 1 aromatic carbocycles. The van der Waals surface area contributed by atoms with Gasteiger partial charge in [0.2, 0.25) is 0 Å². The molecule has 4 heteroatoms. The fourth-order valence-corrected chi connectivity index (χ4v) is 2.12. The van der Waals surface area contributed by atoms with Crippen LogP contribution >= 0.6 is 11.6 Å². The van der Waals surface area contributed by atoms with Crippen LogP contribution in [-0.2, 0) is 0 Å². The molecule has 0 bridgehead atoms. The molecule has 0 radical (unpaired) electrons. The summed E-state index contributed by atoms with van der Waals surface area (Å²) in [6.07, 6.45) is 0. The molecule has 0 aliphatic rings. The van der Waals surface area contributed by atoms with Gasteiger partial charge >= 0.3 is 0 Å². The lowest BCUT2D eigenvalue weighted by Crippen LogP contribution is -2.31. The summed E-state index contributed by atoms with van der Waals surface area (Å²) in [5.74, 6) is 0.215. The second kappa shape index (κ2) is 5.02. The van der Waals surface area contributed by atoms with Crippen molar-refractivity contribution in [3.63, 3.8) is 0 Å². The maximum atomic E-state index is 12.1. The Balaban J connectivity index is 2.28. The lowest BCUT2D eigenvalue weighted by Gasteiger charge is -2.16. The number of alkyl halides is 1. The minimum absolute atomic E-state index is 0.0782. The van der Waals surface area contributed by atoms with Gasteiger partial charge in [0.15, 0.2) is 5.76 Å². The van der Waals surface area contributed by atoms with Crippen molar-refractivity contribution in [1.29, 1.82) is 0 Å². The molecule has 0 aliphatic carbocycles. The van der Waals surface area contributed by atoms with Gasteiger partial charge in [-0.2, -0.15) is 0 Å². The molecule has 1 aromatic heterocycles. The standard InChI is InChI=1S/C14H16ClNO2/c1-9-4-5-12-11(6-9)7-13(18-12)14(17)16(3)8-10(2)15/h4-7,10H,8H2,1-3H3. The predicted molar refractivity (Wildman–Crippen MR) is 73.2 cm³/mol. The van der Waals surface area contributed by atoms with E-state index in [2.05, 4.69) is 0 Å². The Kier molecular flexibility index (Phi) is 3.62. The monoisotopic (exact) mass is 265 g/mol. The molecule has 1 amide bonds. The number of fused-ring (bicyclic) bond motifs is 1. The third-order valence-electron chi connectivity index (χ3n) is 2.75. The van der Waals surface area contributed by atoms with Crippen molar-refractivity contribution in [2.45, 2.75) is 19.2 Å². The minimum atomic E-state index is -0.142. The number of rotatable bonds is 3. The van der Waals surface area contributed by atoms with Crippen molar-refractivity contribution in [3.8, 4) is 0 Å². The first-order valence-electron chi connectivity index (χ1n) is 5.87. The topological polar surface area (TPSA) is 33.5 Å². The number of benzene rings is 1. The second-order valence-electron chi connectivity index (χ2n) is 4.62. The van der Waals surface area contributed by atoms with Gasteiger partial charge in [0, 0.05) is 24.4 Å². The van der Waals surface area contributed by atoms with Gasteiger partial charge in [-0.25, -0.2) is 0 Å². The zero-order chi connectivity index (χ0) is 13.3. The fraction of sp³-hybridized carbons (Fsp3) is 0.357. The summed E-state index contributed by atoms with van der Waals surface area (Å²) >= 11 is 5.88. The first-order chi connectivity index (χ1) is 8.47. The van der Waals surface area contributed by atoms with Crippen molar-refractivity contribution in [3.05, 3.63) is 35.6 Å². The van der Waals surface area contributed by atoms with Gasteiger partial charge in [-0.05, 0) is 32.0 Å². The highest BCUT2D eigenvalue weighted by Gasteiger charge is 2.17. The van der Waals surface area contributed by atoms with Crippen molar-refractivity contribution in [2.24, 2.45) is 0 Å². The van der Waals surface area contributed by atoms with Crippen LogP contribution in [0.2, 0.25) is 0 Å². The molecule has 0 saturated heterocycles. The summed E-state index contributed by atoms with van der Waals surface area (Å²) in [6, 6.07) is 7.62. The number of carbonyl (C=O) groups is 1. The van der Waals surface area contributed by atoms with E-state index in [9.17, 15) is 4.79 Å². The SMILES string of the molecule is Cc1ccc2oc(C(=O)N(C)CC(C)Cl)cc2c1. The van der Waals surface area contributed by atoms with Gasteiger partial charge in [-0.3, -0.25) is 4.79 Å². The Hall–Kier alpha value is -1.48. The molecule has 1 heterocycles. The fourth-order valence-electron chi connectivity index (χ4n) is 1.92. The summed E-state index contributed by atoms with van der Waals surface area (Å²) in [5.41, 5.74) is 1.88. The number of furan rings is 1. The second-order valence-corrected chi connectivity index (χ2v) is 5.36. The normalized spacial score (nSPS) is 12.7. The van der Waals surface area contributed by atoms with Crippen LogP contribution < -0.4 is 0 Å². The van der Waals surface area contributed by atoms with Crippen LogP contribution in [0.3, 0.4) is 0 Å². The van der Waals surface area contributed by atoms with Gasteiger partial charge < -0.3 is 9.32 Å². The summed E-state index contributed by atoms with van der Waals surface area (Å²) in [5, 5.41) is 0.872. The van der Waals surface area contributed by atoms with Crippen molar-refractivity contribution in [1.82, 2.24) is 4.90 Å². The lowest BCUT2D eigenvalue weighted by molar-refractivity contribution is 0.0767. The molecule has 2 rings (SSSR count). The van der Waals surface area contributed by atoms with Crippen LogP contribution in [0.4, 0.5) is 0 Å². The number of hydrogen-bond donors (Lipinski definition) is 0. The number of aryl methyl sites for hydroxylation is 1. The highest BCUT2D eigenvalue weighted by Crippen LogP contribution is 2.21. The van der Waals surface area contributed by atoms with E-state index in [1.807, 2.05) is 32.0 Å². The van der Waals surface area contributed by atoms with Crippen LogP contribution in [-0.4, -0.2) is 29.8 Å². The molecule has 96 valence electrons. The third kappa shape index (κ3) is 2.67. The number of halogens is 1. The zero-order valence-corrected chi connectivity index (χ0v) is 11.5. The molecule has 1 atom stereocenters. The van der Waals surface area contributed by atoms with Crippen molar-refractivity contribution >= 4 is 28.5 Å². The van der Waals surface area contributed by atoms with Crippen LogP contribution in [0.5, 0.6) is 0 Å². The minimum Gasteiger partial charge on any atom is -0.451 e. The van der Waals surface area contributed by atoms with E-state index in [1.54, 1.807) is 18.0 Å². The quantitative estimate of drug-likeness (QED) is 0.797. The van der Waals surface area contributed by atoms with Crippen LogP contribution in [0, 0.1) is 6.92 Å². The highest BCUT2D eigenvalue weighted by atomic mass is 35.5. The van der Waals surface area contributed by atoms with Crippen molar-refractivity contribution in [2.75, 3.05) is 13.6 Å². The summed E-state index contributed by atoms with van der Waals surface area (Å²) in [7, 11) is 1.72. The van der Waals surface area contributed by atoms with E-state index in [-0.39, 0.29) is 11.3 Å². The smallest absolute Gasteiger partial charge is 0.289 e. The molecule has 0 N–H and O–H groups in total. The largest absolute Gasteiger partial charge is 0.451 e. The first kappa shape index (κ1) is 13.0. The van der Waals surface area contributed by atoms with Gasteiger partial charge in [0.1, 0.15) is 5.58 Å². The van der Waals surface area contributed by atoms with E-state index in [0.717, 1.165) is 16.5 Å². The van der Waals surface area contributed by atoms with E-state index in [0.29, 0.717) is 12.3 Å². The van der Waals surface area contributed by atoms with E-state index >= 15 is 0 Å². The summed E-state index contributed by atoms with van der Waals surface area (Å²) in [4.78, 5) is 13.7. The zero-order valence-electron chi connectivity index (χ0n) is 10.7. The molecule has 2 aromatic rings. The molecule has 0 saturated carbocycles.